The predicted molar refractivity (Wildman–Crippen MR) is 116 cm³/mol. The van der Waals surface area contributed by atoms with Crippen molar-refractivity contribution >= 4 is 11.7 Å². The van der Waals surface area contributed by atoms with E-state index in [2.05, 4.69) is 12.2 Å². The van der Waals surface area contributed by atoms with Crippen LogP contribution in [-0.4, -0.2) is 63.6 Å². The number of allylic oxidation sites excluding steroid dienone is 3. The molecule has 0 aromatic carbocycles. The second kappa shape index (κ2) is 15.3. The molecule has 0 saturated heterocycles. The van der Waals surface area contributed by atoms with E-state index >= 15 is 0 Å². The summed E-state index contributed by atoms with van der Waals surface area (Å²) in [4.78, 5) is 23.9. The molecular weight excluding hydrogens is 386 g/mol. The van der Waals surface area contributed by atoms with Crippen molar-refractivity contribution < 1.29 is 30.0 Å². The molecule has 0 unspecified atom stereocenters. The minimum Gasteiger partial charge on any atom is -0.394 e. The predicted octanol–water partition coefficient (Wildman–Crippen LogP) is 1.64. The maximum Gasteiger partial charge on any atom is 0.220 e. The highest BCUT2D eigenvalue weighted by Crippen LogP contribution is 2.33. The Kier molecular flexibility index (Phi) is 13.5. The van der Waals surface area contributed by atoms with Crippen LogP contribution < -0.4 is 5.32 Å². The number of aliphatic hydroxyl groups is 4. The van der Waals surface area contributed by atoms with Gasteiger partial charge in [-0.15, -0.1) is 0 Å². The van der Waals surface area contributed by atoms with Gasteiger partial charge in [-0.25, -0.2) is 0 Å². The first-order valence-corrected chi connectivity index (χ1v) is 11.2. The number of nitrogens with one attached hydrogen (secondary N) is 1. The molecule has 0 aromatic rings. The largest absolute Gasteiger partial charge is 0.394 e. The Bertz CT molecular complexity index is 558. The summed E-state index contributed by atoms with van der Waals surface area (Å²) in [5, 5.41) is 40.7. The molecule has 0 spiro atoms. The van der Waals surface area contributed by atoms with Gasteiger partial charge in [-0.1, -0.05) is 50.5 Å². The monoisotopic (exact) mass is 425 g/mol. The summed E-state index contributed by atoms with van der Waals surface area (Å²) in [6, 6.07) is -0.621. The highest BCUT2D eigenvalue weighted by Gasteiger charge is 2.39. The lowest BCUT2D eigenvalue weighted by molar-refractivity contribution is -0.122. The van der Waals surface area contributed by atoms with Crippen molar-refractivity contribution in [1.82, 2.24) is 5.32 Å². The lowest BCUT2D eigenvalue weighted by Crippen LogP contribution is -2.39. The maximum atomic E-state index is 12.2. The SMILES string of the molecule is CCCCC[C@@H](O)C=C[C@H]1C(=O)C[C@H](O)[C@@H]1C/C=C/CCCC(=O)NC(CO)CO. The molecule has 0 aliphatic heterocycles. The Labute approximate surface area is 179 Å². The molecule has 7 nitrogen and oxygen atoms in total. The molecule has 1 saturated carbocycles. The summed E-state index contributed by atoms with van der Waals surface area (Å²) in [6.45, 7) is 1.52. The van der Waals surface area contributed by atoms with Gasteiger partial charge in [0.15, 0.2) is 0 Å². The number of hydrogen-bond acceptors (Lipinski definition) is 6. The van der Waals surface area contributed by atoms with Gasteiger partial charge in [0.25, 0.3) is 0 Å². The van der Waals surface area contributed by atoms with Gasteiger partial charge in [-0.3, -0.25) is 9.59 Å². The van der Waals surface area contributed by atoms with Crippen molar-refractivity contribution in [1.29, 1.82) is 0 Å². The summed E-state index contributed by atoms with van der Waals surface area (Å²) in [6.07, 6.45) is 12.2. The lowest BCUT2D eigenvalue weighted by atomic mass is 9.90. The molecule has 0 heterocycles. The highest BCUT2D eigenvalue weighted by molar-refractivity contribution is 5.86. The Morgan fingerprint density at radius 1 is 1.20 bits per heavy atom. The van der Waals surface area contributed by atoms with Crippen molar-refractivity contribution in [2.45, 2.75) is 83.0 Å². The third-order valence-corrected chi connectivity index (χ3v) is 5.54. The van der Waals surface area contributed by atoms with Gasteiger partial charge in [0.2, 0.25) is 5.91 Å². The lowest BCUT2D eigenvalue weighted by Gasteiger charge is -2.17. The van der Waals surface area contributed by atoms with E-state index in [4.69, 9.17) is 10.2 Å². The Balaban J connectivity index is 2.40. The fraction of sp³-hybridized carbons (Fsp3) is 0.739. The van der Waals surface area contributed by atoms with Crippen molar-refractivity contribution in [3.63, 3.8) is 0 Å². The third-order valence-electron chi connectivity index (χ3n) is 5.54. The molecule has 7 heteroatoms. The number of carbonyl (C=O) groups is 2. The van der Waals surface area contributed by atoms with Crippen LogP contribution in [-0.2, 0) is 9.59 Å². The molecule has 1 rings (SSSR count). The van der Waals surface area contributed by atoms with E-state index in [1.165, 1.54) is 0 Å². The molecule has 0 radical (unpaired) electrons. The van der Waals surface area contributed by atoms with Crippen molar-refractivity contribution in [3.05, 3.63) is 24.3 Å². The first-order valence-electron chi connectivity index (χ1n) is 11.2. The van der Waals surface area contributed by atoms with E-state index in [0.717, 1.165) is 19.3 Å². The smallest absolute Gasteiger partial charge is 0.220 e. The molecule has 1 aliphatic rings. The van der Waals surface area contributed by atoms with E-state index in [9.17, 15) is 19.8 Å². The van der Waals surface area contributed by atoms with Crippen molar-refractivity contribution in [3.8, 4) is 0 Å². The van der Waals surface area contributed by atoms with Crippen LogP contribution in [0, 0.1) is 11.8 Å². The van der Waals surface area contributed by atoms with E-state index in [1.807, 2.05) is 12.2 Å². The third kappa shape index (κ3) is 9.98. The van der Waals surface area contributed by atoms with Gasteiger partial charge >= 0.3 is 0 Å². The summed E-state index contributed by atoms with van der Waals surface area (Å²) >= 11 is 0. The quantitative estimate of drug-likeness (QED) is 0.200. The number of unbranched alkanes of at least 4 members (excludes halogenated alkanes) is 3. The molecule has 172 valence electrons. The molecule has 30 heavy (non-hydrogen) atoms. The van der Waals surface area contributed by atoms with Gasteiger partial charge in [0, 0.05) is 24.7 Å². The fourth-order valence-electron chi connectivity index (χ4n) is 3.67. The van der Waals surface area contributed by atoms with E-state index in [0.29, 0.717) is 32.1 Å². The molecule has 4 atom stereocenters. The molecule has 0 bridgehead atoms. The minimum atomic E-state index is -0.672. The second-order valence-corrected chi connectivity index (χ2v) is 8.10. The minimum absolute atomic E-state index is 0.0110. The van der Waals surface area contributed by atoms with E-state index in [1.54, 1.807) is 12.2 Å². The van der Waals surface area contributed by atoms with Crippen LogP contribution in [0.2, 0.25) is 0 Å². The fourth-order valence-corrected chi connectivity index (χ4v) is 3.67. The average Bonchev–Trinajstić information content (AvgIpc) is 2.99. The second-order valence-electron chi connectivity index (χ2n) is 8.10. The first-order chi connectivity index (χ1) is 14.4. The summed E-state index contributed by atoms with van der Waals surface area (Å²) < 4.78 is 0. The van der Waals surface area contributed by atoms with Gasteiger partial charge in [0.05, 0.1) is 31.5 Å². The topological polar surface area (TPSA) is 127 Å². The molecule has 1 amide bonds. The van der Waals surface area contributed by atoms with E-state index < -0.39 is 18.2 Å². The van der Waals surface area contributed by atoms with Crippen LogP contribution in [0.25, 0.3) is 0 Å². The van der Waals surface area contributed by atoms with Crippen LogP contribution in [0.5, 0.6) is 0 Å². The average molecular weight is 426 g/mol. The maximum absolute atomic E-state index is 12.2. The van der Waals surface area contributed by atoms with Crippen LogP contribution in [0.1, 0.15) is 64.7 Å². The van der Waals surface area contributed by atoms with Crippen LogP contribution in [0.4, 0.5) is 0 Å². The van der Waals surface area contributed by atoms with E-state index in [-0.39, 0.29) is 43.2 Å². The van der Waals surface area contributed by atoms with Gasteiger partial charge in [0.1, 0.15) is 5.78 Å². The van der Waals surface area contributed by atoms with Gasteiger partial charge in [-0.2, -0.15) is 0 Å². The Morgan fingerprint density at radius 3 is 2.60 bits per heavy atom. The van der Waals surface area contributed by atoms with Crippen molar-refractivity contribution in [2.24, 2.45) is 11.8 Å². The standard InChI is InChI=1S/C23H39NO6/c1-2-3-6-9-18(27)12-13-20-19(21(28)14-22(20)29)10-7-4-5-8-11-23(30)24-17(15-25)16-26/h4,7,12-13,17-21,25-28H,2-3,5-6,8-11,14-16H2,1H3,(H,24,30)/b7-4+,13-12?/t18-,19-,20-,21+/m1/s1. The summed E-state index contributed by atoms with van der Waals surface area (Å²) in [7, 11) is 0. The van der Waals surface area contributed by atoms with Gasteiger partial charge < -0.3 is 25.7 Å². The molecule has 1 aliphatic carbocycles. The Hall–Kier alpha value is -1.54. The zero-order valence-corrected chi connectivity index (χ0v) is 18.1. The number of Topliss-reactive ketones (excluding diaryl/α,β-unsaturated/α-hetero) is 1. The zero-order chi connectivity index (χ0) is 22.4. The Morgan fingerprint density at radius 2 is 1.93 bits per heavy atom. The molecule has 5 N–H and O–H groups in total. The number of rotatable bonds is 15. The molecule has 1 fully saturated rings. The van der Waals surface area contributed by atoms with Crippen LogP contribution >= 0.6 is 0 Å². The first kappa shape index (κ1) is 26.5. The number of hydrogen-bond donors (Lipinski definition) is 5. The number of aliphatic hydroxyl groups excluding tert-OH is 4. The number of carbonyl (C=O) groups excluding carboxylic acids is 2. The summed E-state index contributed by atoms with van der Waals surface area (Å²) in [5.74, 6) is -0.760. The summed E-state index contributed by atoms with van der Waals surface area (Å²) in [5.41, 5.74) is 0. The molecular formula is C23H39NO6. The van der Waals surface area contributed by atoms with Gasteiger partial charge in [-0.05, 0) is 25.7 Å². The normalized spacial score (nSPS) is 23.1. The zero-order valence-electron chi connectivity index (χ0n) is 18.1. The highest BCUT2D eigenvalue weighted by atomic mass is 16.3. The number of amides is 1. The number of ketones is 1. The van der Waals surface area contributed by atoms with Crippen molar-refractivity contribution in [2.75, 3.05) is 13.2 Å². The molecule has 0 aromatic heterocycles. The van der Waals surface area contributed by atoms with Crippen LogP contribution in [0.15, 0.2) is 24.3 Å². The van der Waals surface area contributed by atoms with Crippen LogP contribution in [0.3, 0.4) is 0 Å².